The van der Waals surface area contributed by atoms with Crippen LogP contribution < -0.4 is 20.1 Å². The highest BCUT2D eigenvalue weighted by atomic mass is 32.1. The molecular formula is C17H19N3O4S. The van der Waals surface area contributed by atoms with E-state index >= 15 is 0 Å². The molecule has 0 unspecified atom stereocenters. The number of anilines is 1. The second-order valence-electron chi connectivity index (χ2n) is 5.77. The van der Waals surface area contributed by atoms with E-state index in [-0.39, 0.29) is 12.8 Å². The Morgan fingerprint density at radius 1 is 1.20 bits per heavy atom. The zero-order chi connectivity index (χ0) is 17.8. The maximum Gasteiger partial charge on any atom is 0.313 e. The van der Waals surface area contributed by atoms with E-state index in [2.05, 4.69) is 10.6 Å². The van der Waals surface area contributed by atoms with Gasteiger partial charge in [-0.3, -0.25) is 9.59 Å². The SMILES string of the molecule is CN(C)[C@@H](CNC(=O)C(=O)Nc1ccc2c(c1)OCO2)c1ccsc1. The first kappa shape index (κ1) is 17.2. The molecule has 8 heteroatoms. The second-order valence-corrected chi connectivity index (χ2v) is 6.55. The quantitative estimate of drug-likeness (QED) is 0.795. The minimum Gasteiger partial charge on any atom is -0.454 e. The fraction of sp³-hybridized carbons (Fsp3) is 0.294. The molecular weight excluding hydrogens is 342 g/mol. The van der Waals surface area contributed by atoms with Gasteiger partial charge in [-0.05, 0) is 48.6 Å². The van der Waals surface area contributed by atoms with Gasteiger partial charge in [0.05, 0.1) is 6.04 Å². The fourth-order valence-electron chi connectivity index (χ4n) is 2.49. The van der Waals surface area contributed by atoms with Gasteiger partial charge in [0.25, 0.3) is 0 Å². The van der Waals surface area contributed by atoms with Crippen molar-refractivity contribution in [2.24, 2.45) is 0 Å². The molecule has 7 nitrogen and oxygen atoms in total. The summed E-state index contributed by atoms with van der Waals surface area (Å²) in [6.45, 7) is 0.499. The number of thiophene rings is 1. The van der Waals surface area contributed by atoms with E-state index in [1.807, 2.05) is 35.8 Å². The number of rotatable bonds is 5. The molecule has 2 N–H and O–H groups in total. The summed E-state index contributed by atoms with van der Waals surface area (Å²) < 4.78 is 10.5. The smallest absolute Gasteiger partial charge is 0.313 e. The number of hydrogen-bond acceptors (Lipinski definition) is 6. The first-order valence-electron chi connectivity index (χ1n) is 7.72. The van der Waals surface area contributed by atoms with Gasteiger partial charge >= 0.3 is 11.8 Å². The number of fused-ring (bicyclic) bond motifs is 1. The Labute approximate surface area is 149 Å². The minimum atomic E-state index is -0.721. The van der Waals surface area contributed by atoms with Gasteiger partial charge in [-0.15, -0.1) is 0 Å². The molecule has 0 aliphatic carbocycles. The highest BCUT2D eigenvalue weighted by molar-refractivity contribution is 7.07. The fourth-order valence-corrected chi connectivity index (χ4v) is 3.20. The highest BCUT2D eigenvalue weighted by Gasteiger charge is 2.20. The topological polar surface area (TPSA) is 79.9 Å². The van der Waals surface area contributed by atoms with E-state index in [0.29, 0.717) is 23.7 Å². The summed E-state index contributed by atoms with van der Waals surface area (Å²) >= 11 is 1.60. The molecule has 1 aliphatic rings. The molecule has 0 saturated heterocycles. The van der Waals surface area contributed by atoms with E-state index in [0.717, 1.165) is 5.56 Å². The van der Waals surface area contributed by atoms with Gasteiger partial charge in [0.2, 0.25) is 6.79 Å². The van der Waals surface area contributed by atoms with Gasteiger partial charge in [0, 0.05) is 18.3 Å². The summed E-state index contributed by atoms with van der Waals surface area (Å²) in [6, 6.07) is 6.99. The molecule has 25 heavy (non-hydrogen) atoms. The largest absolute Gasteiger partial charge is 0.454 e. The molecule has 0 fully saturated rings. The minimum absolute atomic E-state index is 0.00791. The number of carbonyl (C=O) groups excluding carboxylic acids is 2. The number of benzene rings is 1. The Bertz CT molecular complexity index is 761. The van der Waals surface area contributed by atoms with Crippen LogP contribution in [0.25, 0.3) is 0 Å². The van der Waals surface area contributed by atoms with Crippen LogP contribution in [0.5, 0.6) is 11.5 Å². The van der Waals surface area contributed by atoms with Crippen LogP contribution in [0.1, 0.15) is 11.6 Å². The van der Waals surface area contributed by atoms with Gasteiger partial charge < -0.3 is 25.0 Å². The van der Waals surface area contributed by atoms with Crippen molar-refractivity contribution < 1.29 is 19.1 Å². The number of carbonyl (C=O) groups is 2. The molecule has 2 aromatic rings. The molecule has 1 atom stereocenters. The zero-order valence-corrected chi connectivity index (χ0v) is 14.8. The van der Waals surface area contributed by atoms with Gasteiger partial charge in [0.15, 0.2) is 11.5 Å². The summed E-state index contributed by atoms with van der Waals surface area (Å²) in [5.74, 6) is -0.239. The summed E-state index contributed by atoms with van der Waals surface area (Å²) in [4.78, 5) is 26.2. The molecule has 132 valence electrons. The Morgan fingerprint density at radius 2 is 2.00 bits per heavy atom. The van der Waals surface area contributed by atoms with Crippen molar-refractivity contribution in [2.75, 3.05) is 32.7 Å². The average molecular weight is 361 g/mol. The molecule has 0 spiro atoms. The lowest BCUT2D eigenvalue weighted by Crippen LogP contribution is -2.40. The lowest BCUT2D eigenvalue weighted by Gasteiger charge is -2.23. The van der Waals surface area contributed by atoms with Crippen LogP contribution in [0.4, 0.5) is 5.69 Å². The van der Waals surface area contributed by atoms with Crippen LogP contribution in [0.15, 0.2) is 35.0 Å². The van der Waals surface area contributed by atoms with E-state index in [4.69, 9.17) is 9.47 Å². The van der Waals surface area contributed by atoms with E-state index in [9.17, 15) is 9.59 Å². The molecule has 3 rings (SSSR count). The first-order valence-corrected chi connectivity index (χ1v) is 8.66. The van der Waals surface area contributed by atoms with Crippen molar-refractivity contribution in [3.05, 3.63) is 40.6 Å². The second kappa shape index (κ2) is 7.54. The standard InChI is InChI=1S/C17H19N3O4S/c1-20(2)13(11-5-6-25-9-11)8-18-16(21)17(22)19-12-3-4-14-15(7-12)24-10-23-14/h3-7,9,13H,8,10H2,1-2H3,(H,18,21)(H,19,22)/t13-/m0/s1. The molecule has 2 amide bonds. The number of nitrogens with zero attached hydrogens (tertiary/aromatic N) is 1. The molecule has 1 aliphatic heterocycles. The Morgan fingerprint density at radius 3 is 2.72 bits per heavy atom. The van der Waals surface area contributed by atoms with Crippen LogP contribution in [0.3, 0.4) is 0 Å². The Hall–Kier alpha value is -2.58. The van der Waals surface area contributed by atoms with Gasteiger partial charge in [-0.1, -0.05) is 0 Å². The summed E-state index contributed by atoms with van der Waals surface area (Å²) in [7, 11) is 3.86. The Balaban J connectivity index is 1.56. The predicted octanol–water partition coefficient (Wildman–Crippen LogP) is 1.83. The molecule has 0 saturated carbocycles. The number of likely N-dealkylation sites (N-methyl/N-ethyl adjacent to an activating group) is 1. The summed E-state index contributed by atoms with van der Waals surface area (Å²) in [5.41, 5.74) is 1.58. The zero-order valence-electron chi connectivity index (χ0n) is 13.9. The number of nitrogens with one attached hydrogen (secondary N) is 2. The average Bonchev–Trinajstić information content (AvgIpc) is 3.25. The van der Waals surface area contributed by atoms with Crippen molar-refractivity contribution in [3.63, 3.8) is 0 Å². The number of amides is 2. The van der Waals surface area contributed by atoms with Crippen molar-refractivity contribution in [3.8, 4) is 11.5 Å². The molecule has 1 aromatic heterocycles. The third kappa shape index (κ3) is 4.09. The predicted molar refractivity (Wildman–Crippen MR) is 95.0 cm³/mol. The molecule has 0 radical (unpaired) electrons. The first-order chi connectivity index (χ1) is 12.0. The maximum absolute atomic E-state index is 12.1. The maximum atomic E-state index is 12.1. The third-order valence-corrected chi connectivity index (χ3v) is 4.55. The van der Waals surface area contributed by atoms with Crippen LogP contribution in [-0.4, -0.2) is 44.1 Å². The van der Waals surface area contributed by atoms with Crippen LogP contribution >= 0.6 is 11.3 Å². The van der Waals surface area contributed by atoms with Crippen LogP contribution in [0.2, 0.25) is 0 Å². The Kier molecular flexibility index (Phi) is 5.20. The van der Waals surface area contributed by atoms with Crippen molar-refractivity contribution >= 4 is 28.8 Å². The van der Waals surface area contributed by atoms with Gasteiger partial charge in [-0.2, -0.15) is 11.3 Å². The van der Waals surface area contributed by atoms with Crippen LogP contribution in [0, 0.1) is 0 Å². The van der Waals surface area contributed by atoms with Crippen molar-refractivity contribution in [1.29, 1.82) is 0 Å². The molecule has 0 bridgehead atoms. The van der Waals surface area contributed by atoms with Gasteiger partial charge in [0.1, 0.15) is 0 Å². The van der Waals surface area contributed by atoms with Crippen LogP contribution in [-0.2, 0) is 9.59 Å². The van der Waals surface area contributed by atoms with Gasteiger partial charge in [-0.25, -0.2) is 0 Å². The number of hydrogen-bond donors (Lipinski definition) is 2. The van der Waals surface area contributed by atoms with E-state index in [1.54, 1.807) is 29.5 Å². The van der Waals surface area contributed by atoms with E-state index in [1.165, 1.54) is 0 Å². The van der Waals surface area contributed by atoms with E-state index < -0.39 is 11.8 Å². The lowest BCUT2D eigenvalue weighted by molar-refractivity contribution is -0.136. The summed E-state index contributed by atoms with van der Waals surface area (Å²) in [6.07, 6.45) is 0. The molecule has 2 heterocycles. The highest BCUT2D eigenvalue weighted by Crippen LogP contribution is 2.34. The van der Waals surface area contributed by atoms with Crippen molar-refractivity contribution in [2.45, 2.75) is 6.04 Å². The third-order valence-electron chi connectivity index (χ3n) is 3.84. The normalized spacial score (nSPS) is 13.6. The summed E-state index contributed by atoms with van der Waals surface area (Å²) in [5, 5.41) is 9.26. The lowest BCUT2D eigenvalue weighted by atomic mass is 10.1. The number of ether oxygens (including phenoxy) is 2. The monoisotopic (exact) mass is 361 g/mol. The molecule has 1 aromatic carbocycles. The van der Waals surface area contributed by atoms with Crippen molar-refractivity contribution in [1.82, 2.24) is 10.2 Å².